The lowest BCUT2D eigenvalue weighted by molar-refractivity contribution is 0.558. The molecular weight excluding hydrogens is 204 g/mol. The summed E-state index contributed by atoms with van der Waals surface area (Å²) in [4.78, 5) is 0. The Kier molecular flexibility index (Phi) is 12.8. The van der Waals surface area contributed by atoms with E-state index in [0.29, 0.717) is 0 Å². The molecule has 0 amide bonds. The quantitative estimate of drug-likeness (QED) is 0.327. The SMILES string of the molecule is C=C(C)C#CCCCCCCCCCCCC. The molecule has 0 radical (unpaired) electrons. The molecule has 0 aromatic carbocycles. The standard InChI is InChI=1S/C17H30/c1-4-5-6-7-8-9-10-11-12-13-14-15-16-17(2)3/h2,4-14H2,1,3H3. The zero-order valence-electron chi connectivity index (χ0n) is 12.0. The van der Waals surface area contributed by atoms with E-state index < -0.39 is 0 Å². The fourth-order valence-electron chi connectivity index (χ4n) is 1.91. The molecule has 0 atom stereocenters. The van der Waals surface area contributed by atoms with Gasteiger partial charge < -0.3 is 0 Å². The van der Waals surface area contributed by atoms with Crippen LogP contribution in [0.15, 0.2) is 12.2 Å². The maximum absolute atomic E-state index is 3.77. The fourth-order valence-corrected chi connectivity index (χ4v) is 1.91. The topological polar surface area (TPSA) is 0 Å². The van der Waals surface area contributed by atoms with Crippen molar-refractivity contribution in [2.75, 3.05) is 0 Å². The second-order valence-corrected chi connectivity index (χ2v) is 5.01. The van der Waals surface area contributed by atoms with Crippen LogP contribution >= 0.6 is 0 Å². The molecule has 0 aliphatic heterocycles. The summed E-state index contributed by atoms with van der Waals surface area (Å²) in [5, 5.41) is 0. The Morgan fingerprint density at radius 2 is 1.29 bits per heavy atom. The highest BCUT2D eigenvalue weighted by Gasteiger charge is 1.91. The Hall–Kier alpha value is -0.700. The van der Waals surface area contributed by atoms with E-state index in [2.05, 4.69) is 25.3 Å². The Balaban J connectivity index is 3.04. The lowest BCUT2D eigenvalue weighted by atomic mass is 10.1. The van der Waals surface area contributed by atoms with Gasteiger partial charge in [0.2, 0.25) is 0 Å². The van der Waals surface area contributed by atoms with E-state index in [9.17, 15) is 0 Å². The first-order valence-corrected chi connectivity index (χ1v) is 7.41. The number of hydrogen-bond acceptors (Lipinski definition) is 0. The average Bonchev–Trinajstić information content (AvgIpc) is 2.30. The molecule has 0 fully saturated rings. The smallest absolute Gasteiger partial charge is 0.00923 e. The van der Waals surface area contributed by atoms with Crippen LogP contribution in [0.25, 0.3) is 0 Å². The minimum atomic E-state index is 0.983. The van der Waals surface area contributed by atoms with Crippen molar-refractivity contribution in [3.05, 3.63) is 12.2 Å². The summed E-state index contributed by atoms with van der Waals surface area (Å²) in [6, 6.07) is 0. The zero-order chi connectivity index (χ0) is 12.8. The molecule has 0 unspecified atom stereocenters. The minimum Gasteiger partial charge on any atom is -0.0983 e. The predicted molar refractivity (Wildman–Crippen MR) is 79.1 cm³/mol. The van der Waals surface area contributed by atoms with Crippen molar-refractivity contribution in [1.29, 1.82) is 0 Å². The van der Waals surface area contributed by atoms with Crippen molar-refractivity contribution in [2.24, 2.45) is 0 Å². The third-order valence-electron chi connectivity index (χ3n) is 2.96. The summed E-state index contributed by atoms with van der Waals surface area (Å²) < 4.78 is 0. The van der Waals surface area contributed by atoms with Gasteiger partial charge >= 0.3 is 0 Å². The maximum Gasteiger partial charge on any atom is 0.00923 e. The van der Waals surface area contributed by atoms with Crippen LogP contribution in [0.4, 0.5) is 0 Å². The van der Waals surface area contributed by atoms with Crippen molar-refractivity contribution in [3.8, 4) is 11.8 Å². The van der Waals surface area contributed by atoms with Crippen LogP contribution in [0.1, 0.15) is 84.5 Å². The molecule has 0 saturated heterocycles. The number of unbranched alkanes of at least 4 members (excludes halogenated alkanes) is 10. The summed E-state index contributed by atoms with van der Waals surface area (Å²) in [6.45, 7) is 8.01. The van der Waals surface area contributed by atoms with Gasteiger partial charge in [0, 0.05) is 6.42 Å². The maximum atomic E-state index is 3.77. The Morgan fingerprint density at radius 3 is 1.76 bits per heavy atom. The van der Waals surface area contributed by atoms with E-state index in [0.717, 1.165) is 12.0 Å². The minimum absolute atomic E-state index is 0.983. The van der Waals surface area contributed by atoms with E-state index in [1.807, 2.05) is 6.92 Å². The van der Waals surface area contributed by atoms with Gasteiger partial charge in [-0.2, -0.15) is 0 Å². The molecule has 0 rings (SSSR count). The number of allylic oxidation sites excluding steroid dienone is 1. The van der Waals surface area contributed by atoms with Gasteiger partial charge in [-0.1, -0.05) is 83.1 Å². The monoisotopic (exact) mass is 234 g/mol. The molecule has 0 nitrogen and oxygen atoms in total. The van der Waals surface area contributed by atoms with E-state index >= 15 is 0 Å². The van der Waals surface area contributed by atoms with Gasteiger partial charge in [-0.25, -0.2) is 0 Å². The van der Waals surface area contributed by atoms with Crippen LogP contribution in [-0.4, -0.2) is 0 Å². The van der Waals surface area contributed by atoms with Gasteiger partial charge in [-0.3, -0.25) is 0 Å². The van der Waals surface area contributed by atoms with Crippen molar-refractivity contribution in [2.45, 2.75) is 84.5 Å². The van der Waals surface area contributed by atoms with Crippen molar-refractivity contribution in [3.63, 3.8) is 0 Å². The summed E-state index contributed by atoms with van der Waals surface area (Å²) in [6.07, 6.45) is 15.0. The van der Waals surface area contributed by atoms with E-state index in [4.69, 9.17) is 0 Å². The van der Waals surface area contributed by atoms with Crippen molar-refractivity contribution in [1.82, 2.24) is 0 Å². The largest absolute Gasteiger partial charge is 0.0983 e. The molecule has 0 aliphatic rings. The highest BCUT2D eigenvalue weighted by molar-refractivity contribution is 5.22. The number of hydrogen-bond donors (Lipinski definition) is 0. The van der Waals surface area contributed by atoms with Gasteiger partial charge in [-0.05, 0) is 18.9 Å². The normalized spacial score (nSPS) is 9.76. The van der Waals surface area contributed by atoms with Crippen molar-refractivity contribution >= 4 is 0 Å². The number of rotatable bonds is 10. The summed E-state index contributed by atoms with van der Waals surface area (Å²) >= 11 is 0. The second-order valence-electron chi connectivity index (χ2n) is 5.01. The summed E-state index contributed by atoms with van der Waals surface area (Å²) in [5.74, 6) is 6.19. The van der Waals surface area contributed by atoms with E-state index in [1.54, 1.807) is 0 Å². The van der Waals surface area contributed by atoms with Gasteiger partial charge in [0.25, 0.3) is 0 Å². The first-order valence-electron chi connectivity index (χ1n) is 7.41. The van der Waals surface area contributed by atoms with Gasteiger partial charge in [0.05, 0.1) is 0 Å². The molecule has 0 heterocycles. The zero-order valence-corrected chi connectivity index (χ0v) is 12.0. The Labute approximate surface area is 109 Å². The Morgan fingerprint density at radius 1 is 0.824 bits per heavy atom. The van der Waals surface area contributed by atoms with E-state index in [1.165, 1.54) is 64.2 Å². The fraction of sp³-hybridized carbons (Fsp3) is 0.765. The first kappa shape index (κ1) is 16.3. The molecule has 0 aromatic rings. The molecule has 0 bridgehead atoms. The molecule has 0 spiro atoms. The predicted octanol–water partition coefficient (Wildman–Crippen LogP) is 5.88. The molecule has 98 valence electrons. The van der Waals surface area contributed by atoms with Crippen LogP contribution in [0.2, 0.25) is 0 Å². The average molecular weight is 234 g/mol. The molecule has 0 aromatic heterocycles. The van der Waals surface area contributed by atoms with E-state index in [-0.39, 0.29) is 0 Å². The third kappa shape index (κ3) is 15.3. The molecule has 17 heavy (non-hydrogen) atoms. The summed E-state index contributed by atoms with van der Waals surface area (Å²) in [7, 11) is 0. The molecular formula is C17H30. The van der Waals surface area contributed by atoms with Gasteiger partial charge in [0.1, 0.15) is 0 Å². The molecule has 0 heteroatoms. The lowest BCUT2D eigenvalue weighted by Crippen LogP contribution is -1.81. The molecule has 0 aliphatic carbocycles. The Bertz CT molecular complexity index is 226. The second kappa shape index (κ2) is 13.4. The van der Waals surface area contributed by atoms with Gasteiger partial charge in [-0.15, -0.1) is 0 Å². The third-order valence-corrected chi connectivity index (χ3v) is 2.96. The molecule has 0 saturated carbocycles. The van der Waals surface area contributed by atoms with Crippen LogP contribution in [0.5, 0.6) is 0 Å². The van der Waals surface area contributed by atoms with Gasteiger partial charge in [0.15, 0.2) is 0 Å². The van der Waals surface area contributed by atoms with Crippen LogP contribution < -0.4 is 0 Å². The van der Waals surface area contributed by atoms with Crippen LogP contribution in [0.3, 0.4) is 0 Å². The lowest BCUT2D eigenvalue weighted by Gasteiger charge is -2.00. The highest BCUT2D eigenvalue weighted by Crippen LogP contribution is 2.10. The highest BCUT2D eigenvalue weighted by atomic mass is 14.0. The molecule has 0 N–H and O–H groups in total. The van der Waals surface area contributed by atoms with Crippen LogP contribution in [-0.2, 0) is 0 Å². The first-order chi connectivity index (χ1) is 8.27. The van der Waals surface area contributed by atoms with Crippen molar-refractivity contribution < 1.29 is 0 Å². The van der Waals surface area contributed by atoms with Crippen LogP contribution in [0, 0.1) is 11.8 Å². The summed E-state index contributed by atoms with van der Waals surface area (Å²) in [5.41, 5.74) is 0.983.